The third-order valence-electron chi connectivity index (χ3n) is 3.13. The quantitative estimate of drug-likeness (QED) is 0.723. The molecular weight excluding hydrogens is 160 g/mol. The van der Waals surface area contributed by atoms with Gasteiger partial charge in [-0.3, -0.25) is 0 Å². The highest BCUT2D eigenvalue weighted by Gasteiger charge is 2.33. The van der Waals surface area contributed by atoms with Crippen molar-refractivity contribution in [1.82, 2.24) is 4.90 Å². The van der Waals surface area contributed by atoms with Gasteiger partial charge in [-0.1, -0.05) is 13.8 Å². The maximum absolute atomic E-state index is 5.92. The summed E-state index contributed by atoms with van der Waals surface area (Å²) in [6.07, 6.45) is 3.93. The van der Waals surface area contributed by atoms with Gasteiger partial charge in [-0.2, -0.15) is 0 Å². The number of likely N-dealkylation sites (tertiary alicyclic amines) is 1. The monoisotopic (exact) mass is 184 g/mol. The molecule has 1 heterocycles. The molecule has 1 aliphatic rings. The van der Waals surface area contributed by atoms with Gasteiger partial charge in [0.05, 0.1) is 0 Å². The second kappa shape index (κ2) is 4.43. The van der Waals surface area contributed by atoms with Crippen LogP contribution in [0, 0.1) is 11.3 Å². The molecule has 2 nitrogen and oxygen atoms in total. The van der Waals surface area contributed by atoms with E-state index in [0.717, 1.165) is 12.5 Å². The minimum absolute atomic E-state index is 0.418. The van der Waals surface area contributed by atoms with Crippen molar-refractivity contribution in [2.24, 2.45) is 17.1 Å². The van der Waals surface area contributed by atoms with Gasteiger partial charge in [-0.25, -0.2) is 0 Å². The van der Waals surface area contributed by atoms with Gasteiger partial charge in [0.25, 0.3) is 0 Å². The normalized spacial score (nSPS) is 31.2. The maximum atomic E-state index is 5.92. The van der Waals surface area contributed by atoms with E-state index in [0.29, 0.717) is 5.41 Å². The summed E-state index contributed by atoms with van der Waals surface area (Å²) >= 11 is 0. The molecule has 1 rings (SSSR count). The Hall–Kier alpha value is -0.0800. The standard InChI is InChI=1S/C11H24N2/c1-10(2)7-11(8-12)5-4-6-13(3)9-11/h10H,4-9,12H2,1-3H3. The number of rotatable bonds is 3. The van der Waals surface area contributed by atoms with E-state index in [-0.39, 0.29) is 0 Å². The van der Waals surface area contributed by atoms with Crippen molar-refractivity contribution in [3.05, 3.63) is 0 Å². The molecule has 78 valence electrons. The lowest BCUT2D eigenvalue weighted by molar-refractivity contribution is 0.0933. The highest BCUT2D eigenvalue weighted by Crippen LogP contribution is 2.34. The summed E-state index contributed by atoms with van der Waals surface area (Å²) in [6.45, 7) is 7.90. The van der Waals surface area contributed by atoms with Crippen LogP contribution in [0.2, 0.25) is 0 Å². The molecule has 0 saturated carbocycles. The highest BCUT2D eigenvalue weighted by molar-refractivity contribution is 4.87. The topological polar surface area (TPSA) is 29.3 Å². The molecule has 0 aromatic carbocycles. The Morgan fingerprint density at radius 1 is 1.46 bits per heavy atom. The fraction of sp³-hybridized carbons (Fsp3) is 1.00. The first-order chi connectivity index (χ1) is 6.08. The van der Waals surface area contributed by atoms with Gasteiger partial charge >= 0.3 is 0 Å². The van der Waals surface area contributed by atoms with E-state index in [2.05, 4.69) is 25.8 Å². The van der Waals surface area contributed by atoms with Crippen LogP contribution >= 0.6 is 0 Å². The second-order valence-electron chi connectivity index (χ2n) is 5.14. The molecule has 1 aliphatic heterocycles. The third kappa shape index (κ3) is 2.96. The Labute approximate surface area is 82.5 Å². The lowest BCUT2D eigenvalue weighted by Crippen LogP contribution is -2.46. The first kappa shape index (κ1) is 11.0. The molecule has 1 unspecified atom stereocenters. The van der Waals surface area contributed by atoms with Gasteiger partial charge < -0.3 is 10.6 Å². The number of hydrogen-bond acceptors (Lipinski definition) is 2. The van der Waals surface area contributed by atoms with Crippen molar-refractivity contribution in [3.63, 3.8) is 0 Å². The van der Waals surface area contributed by atoms with Gasteiger partial charge in [0.2, 0.25) is 0 Å². The van der Waals surface area contributed by atoms with Gasteiger partial charge in [0, 0.05) is 6.54 Å². The first-order valence-corrected chi connectivity index (χ1v) is 5.47. The van der Waals surface area contributed by atoms with Gasteiger partial charge in [0.1, 0.15) is 0 Å². The smallest absolute Gasteiger partial charge is 0.00471 e. The van der Waals surface area contributed by atoms with Crippen LogP contribution in [-0.2, 0) is 0 Å². The minimum atomic E-state index is 0.418. The van der Waals surface area contributed by atoms with Crippen LogP contribution in [0.15, 0.2) is 0 Å². The largest absolute Gasteiger partial charge is 0.330 e. The van der Waals surface area contributed by atoms with Crippen molar-refractivity contribution < 1.29 is 0 Å². The van der Waals surface area contributed by atoms with Crippen molar-refractivity contribution in [2.45, 2.75) is 33.1 Å². The van der Waals surface area contributed by atoms with Crippen LogP contribution in [-0.4, -0.2) is 31.6 Å². The predicted molar refractivity (Wildman–Crippen MR) is 57.7 cm³/mol. The van der Waals surface area contributed by atoms with E-state index in [1.807, 2.05) is 0 Å². The average molecular weight is 184 g/mol. The van der Waals surface area contributed by atoms with E-state index >= 15 is 0 Å². The summed E-state index contributed by atoms with van der Waals surface area (Å²) < 4.78 is 0. The van der Waals surface area contributed by atoms with Crippen molar-refractivity contribution in [1.29, 1.82) is 0 Å². The van der Waals surface area contributed by atoms with Crippen molar-refractivity contribution >= 4 is 0 Å². The summed E-state index contributed by atoms with van der Waals surface area (Å²) in [5.41, 5.74) is 6.34. The molecule has 0 aromatic heterocycles. The molecule has 1 fully saturated rings. The SMILES string of the molecule is CC(C)CC1(CN)CCCN(C)C1. The highest BCUT2D eigenvalue weighted by atomic mass is 15.1. The third-order valence-corrected chi connectivity index (χ3v) is 3.13. The Morgan fingerprint density at radius 3 is 2.62 bits per heavy atom. The fourth-order valence-corrected chi connectivity index (χ4v) is 2.74. The molecule has 0 radical (unpaired) electrons. The molecular formula is C11H24N2. The Kier molecular flexibility index (Phi) is 3.74. The van der Waals surface area contributed by atoms with Gasteiger partial charge in [0.15, 0.2) is 0 Å². The molecule has 2 N–H and O–H groups in total. The van der Waals surface area contributed by atoms with E-state index < -0.39 is 0 Å². The van der Waals surface area contributed by atoms with E-state index in [9.17, 15) is 0 Å². The molecule has 0 bridgehead atoms. The van der Waals surface area contributed by atoms with Crippen LogP contribution in [0.1, 0.15) is 33.1 Å². The molecule has 0 amide bonds. The maximum Gasteiger partial charge on any atom is 0.00471 e. The van der Waals surface area contributed by atoms with Crippen LogP contribution in [0.5, 0.6) is 0 Å². The fourth-order valence-electron chi connectivity index (χ4n) is 2.74. The van der Waals surface area contributed by atoms with E-state index in [1.54, 1.807) is 0 Å². The summed E-state index contributed by atoms with van der Waals surface area (Å²) in [7, 11) is 2.21. The molecule has 0 aliphatic carbocycles. The Bertz CT molecular complexity index is 152. The summed E-state index contributed by atoms with van der Waals surface area (Å²) in [6, 6.07) is 0. The predicted octanol–water partition coefficient (Wildman–Crippen LogP) is 1.70. The molecule has 0 aromatic rings. The molecule has 2 heteroatoms. The summed E-state index contributed by atoms with van der Waals surface area (Å²) in [5, 5.41) is 0. The van der Waals surface area contributed by atoms with Crippen LogP contribution in [0.4, 0.5) is 0 Å². The van der Waals surface area contributed by atoms with Gasteiger partial charge in [-0.05, 0) is 50.7 Å². The lowest BCUT2D eigenvalue weighted by atomic mass is 9.74. The van der Waals surface area contributed by atoms with Crippen LogP contribution in [0.3, 0.4) is 0 Å². The zero-order valence-electron chi connectivity index (χ0n) is 9.34. The minimum Gasteiger partial charge on any atom is -0.330 e. The molecule has 13 heavy (non-hydrogen) atoms. The van der Waals surface area contributed by atoms with Crippen LogP contribution < -0.4 is 5.73 Å². The van der Waals surface area contributed by atoms with Gasteiger partial charge in [-0.15, -0.1) is 0 Å². The second-order valence-corrected chi connectivity index (χ2v) is 5.14. The zero-order valence-corrected chi connectivity index (χ0v) is 9.34. The Balaban J connectivity index is 2.56. The molecule has 1 atom stereocenters. The molecule has 0 spiro atoms. The first-order valence-electron chi connectivity index (χ1n) is 5.47. The number of nitrogens with zero attached hydrogens (tertiary/aromatic N) is 1. The number of nitrogens with two attached hydrogens (primary N) is 1. The average Bonchev–Trinajstić information content (AvgIpc) is 2.03. The van der Waals surface area contributed by atoms with E-state index in [1.165, 1.54) is 32.4 Å². The lowest BCUT2D eigenvalue weighted by Gasteiger charge is -2.42. The van der Waals surface area contributed by atoms with Crippen molar-refractivity contribution in [2.75, 3.05) is 26.7 Å². The number of piperidine rings is 1. The molecule has 1 saturated heterocycles. The van der Waals surface area contributed by atoms with Crippen LogP contribution in [0.25, 0.3) is 0 Å². The van der Waals surface area contributed by atoms with Crippen molar-refractivity contribution in [3.8, 4) is 0 Å². The summed E-state index contributed by atoms with van der Waals surface area (Å²) in [5.74, 6) is 0.773. The van der Waals surface area contributed by atoms with E-state index in [4.69, 9.17) is 5.73 Å². The Morgan fingerprint density at radius 2 is 2.15 bits per heavy atom. The number of hydrogen-bond donors (Lipinski definition) is 1. The summed E-state index contributed by atoms with van der Waals surface area (Å²) in [4.78, 5) is 2.43. The zero-order chi connectivity index (χ0) is 9.90.